The summed E-state index contributed by atoms with van der Waals surface area (Å²) < 4.78 is 6.86. The number of unbranched alkanes of at least 4 members (excludes halogenated alkanes) is 1. The highest BCUT2D eigenvalue weighted by Gasteiger charge is 2.80. The summed E-state index contributed by atoms with van der Waals surface area (Å²) >= 11 is 0. The monoisotopic (exact) mass is 559 g/mol. The smallest absolute Gasteiger partial charge is 0.253 e. The summed E-state index contributed by atoms with van der Waals surface area (Å²) in [6.07, 6.45) is 4.88. The van der Waals surface area contributed by atoms with Gasteiger partial charge in [-0.05, 0) is 55.0 Å². The van der Waals surface area contributed by atoms with E-state index in [-0.39, 0.29) is 36.8 Å². The van der Waals surface area contributed by atoms with Crippen molar-refractivity contribution in [3.05, 3.63) is 67.8 Å². The van der Waals surface area contributed by atoms with E-state index in [0.717, 1.165) is 10.8 Å². The molecule has 3 unspecified atom stereocenters. The van der Waals surface area contributed by atoms with Crippen LogP contribution in [0.1, 0.15) is 33.1 Å². The first-order valence-electron chi connectivity index (χ1n) is 14.5. The predicted molar refractivity (Wildman–Crippen MR) is 159 cm³/mol. The van der Waals surface area contributed by atoms with E-state index in [4.69, 9.17) is 4.74 Å². The number of aliphatic hydroxyl groups excluding tert-OH is 1. The predicted octanol–water partition coefficient (Wildman–Crippen LogP) is 3.79. The van der Waals surface area contributed by atoms with Gasteiger partial charge in [-0.2, -0.15) is 0 Å². The number of ether oxygens (including phenoxy) is 1. The molecule has 3 heterocycles. The van der Waals surface area contributed by atoms with Crippen LogP contribution < -0.4 is 4.90 Å². The molecule has 8 nitrogen and oxygen atoms in total. The van der Waals surface area contributed by atoms with Crippen molar-refractivity contribution in [1.82, 2.24) is 9.80 Å². The maximum atomic E-state index is 14.8. The Hall–Kier alpha value is -3.49. The highest BCUT2D eigenvalue weighted by atomic mass is 16.5. The van der Waals surface area contributed by atoms with Crippen molar-refractivity contribution >= 4 is 34.2 Å². The zero-order chi connectivity index (χ0) is 29.5. The molecule has 3 fully saturated rings. The van der Waals surface area contributed by atoms with Gasteiger partial charge in [0.2, 0.25) is 11.8 Å². The maximum Gasteiger partial charge on any atom is 0.253 e. The summed E-state index contributed by atoms with van der Waals surface area (Å²) in [5, 5.41) is 11.5. The van der Waals surface area contributed by atoms with Crippen LogP contribution >= 0.6 is 0 Å². The lowest BCUT2D eigenvalue weighted by atomic mass is 9.62. The molecule has 1 N–H and O–H groups in total. The fourth-order valence-corrected chi connectivity index (χ4v) is 7.49. The largest absolute Gasteiger partial charge is 0.396 e. The quantitative estimate of drug-likeness (QED) is 0.334. The molecule has 0 aromatic heterocycles. The first-order chi connectivity index (χ1) is 19.6. The summed E-state index contributed by atoms with van der Waals surface area (Å²) in [6, 6.07) is 12.9. The minimum absolute atomic E-state index is 0.00599. The van der Waals surface area contributed by atoms with E-state index in [2.05, 4.69) is 13.2 Å². The third kappa shape index (κ3) is 4.48. The van der Waals surface area contributed by atoms with Crippen molar-refractivity contribution in [2.24, 2.45) is 17.8 Å². The van der Waals surface area contributed by atoms with Gasteiger partial charge in [-0.3, -0.25) is 14.4 Å². The number of hydrogen-bond acceptors (Lipinski definition) is 5. The summed E-state index contributed by atoms with van der Waals surface area (Å²) in [5.41, 5.74) is -1.30. The van der Waals surface area contributed by atoms with E-state index < -0.39 is 29.1 Å². The fraction of sp³-hybridized carbons (Fsp3) is 0.485. The number of amides is 3. The van der Waals surface area contributed by atoms with Crippen LogP contribution in [0.25, 0.3) is 10.8 Å². The number of likely N-dealkylation sites (tertiary alicyclic amines) is 1. The molecule has 2 aromatic rings. The van der Waals surface area contributed by atoms with Crippen LogP contribution in [0.5, 0.6) is 0 Å². The SMILES string of the molecule is C=CCN(C)C(=O)[C@H]1[C@H]2C(=O)N(CCCCO)C(C(=O)N(CC=C)c3ccc4ccccc4c3)C23CC(C)[C@]1(C)O3. The summed E-state index contributed by atoms with van der Waals surface area (Å²) in [7, 11) is 1.71. The number of carbonyl (C=O) groups excluding carboxylic acids is 3. The van der Waals surface area contributed by atoms with Crippen LogP contribution in [-0.4, -0.2) is 83.2 Å². The highest BCUT2D eigenvalue weighted by molar-refractivity contribution is 6.06. The maximum absolute atomic E-state index is 14.8. The molecule has 5 rings (SSSR count). The molecule has 3 amide bonds. The molecule has 0 radical (unpaired) electrons. The normalized spacial score (nSPS) is 30.0. The lowest BCUT2D eigenvalue weighted by Crippen LogP contribution is -2.57. The number of rotatable bonds is 11. The lowest BCUT2D eigenvalue weighted by Gasteiger charge is -2.38. The van der Waals surface area contributed by atoms with Crippen molar-refractivity contribution < 1.29 is 24.2 Å². The first-order valence-corrected chi connectivity index (χ1v) is 14.5. The van der Waals surface area contributed by atoms with Gasteiger partial charge in [0, 0.05) is 39.0 Å². The molecule has 0 saturated carbocycles. The fourth-order valence-electron chi connectivity index (χ4n) is 7.49. The second kappa shape index (κ2) is 11.1. The van der Waals surface area contributed by atoms with Gasteiger partial charge in [0.1, 0.15) is 11.6 Å². The van der Waals surface area contributed by atoms with Crippen molar-refractivity contribution in [1.29, 1.82) is 0 Å². The number of nitrogens with zero attached hydrogens (tertiary/aromatic N) is 3. The van der Waals surface area contributed by atoms with E-state index in [1.165, 1.54) is 0 Å². The molecule has 3 saturated heterocycles. The number of anilines is 1. The Morgan fingerprint density at radius 3 is 2.49 bits per heavy atom. The van der Waals surface area contributed by atoms with Crippen LogP contribution in [0.15, 0.2) is 67.8 Å². The van der Waals surface area contributed by atoms with Crippen molar-refractivity contribution in [3.63, 3.8) is 0 Å². The number of likely N-dealkylation sites (N-methyl/N-ethyl adjacent to an activating group) is 1. The Morgan fingerprint density at radius 2 is 1.80 bits per heavy atom. The molecule has 1 spiro atoms. The molecular formula is C33H41N3O5. The van der Waals surface area contributed by atoms with Crippen LogP contribution in [0.3, 0.4) is 0 Å². The van der Waals surface area contributed by atoms with Crippen molar-refractivity contribution in [2.45, 2.75) is 50.4 Å². The Labute approximate surface area is 242 Å². The molecule has 3 aliphatic rings. The third-order valence-electron chi connectivity index (χ3n) is 9.52. The number of fused-ring (bicyclic) bond motifs is 2. The van der Waals surface area contributed by atoms with Gasteiger partial charge in [-0.15, -0.1) is 13.2 Å². The second-order valence-corrected chi connectivity index (χ2v) is 11.9. The van der Waals surface area contributed by atoms with Crippen LogP contribution in [-0.2, 0) is 19.1 Å². The number of benzene rings is 2. The zero-order valence-corrected chi connectivity index (χ0v) is 24.3. The summed E-state index contributed by atoms with van der Waals surface area (Å²) in [4.78, 5) is 47.8. The van der Waals surface area contributed by atoms with Crippen molar-refractivity contribution in [2.75, 3.05) is 38.2 Å². The van der Waals surface area contributed by atoms with Gasteiger partial charge in [-0.25, -0.2) is 0 Å². The van der Waals surface area contributed by atoms with E-state index in [0.29, 0.717) is 38.0 Å². The highest BCUT2D eigenvalue weighted by Crippen LogP contribution is 2.65. The molecule has 6 atom stereocenters. The van der Waals surface area contributed by atoms with E-state index in [1.807, 2.05) is 56.3 Å². The molecule has 0 aliphatic carbocycles. The Bertz CT molecular complexity index is 1380. The Kier molecular flexibility index (Phi) is 7.83. The lowest BCUT2D eigenvalue weighted by molar-refractivity contribution is -0.150. The van der Waals surface area contributed by atoms with Gasteiger partial charge in [0.25, 0.3) is 5.91 Å². The second-order valence-electron chi connectivity index (χ2n) is 11.9. The molecule has 218 valence electrons. The third-order valence-corrected chi connectivity index (χ3v) is 9.52. The average Bonchev–Trinajstić information content (AvgIpc) is 3.47. The Balaban J connectivity index is 1.60. The number of carbonyl (C=O) groups is 3. The number of hydrogen-bond donors (Lipinski definition) is 1. The number of aliphatic hydroxyl groups is 1. The van der Waals surface area contributed by atoms with E-state index in [1.54, 1.807) is 33.9 Å². The molecule has 41 heavy (non-hydrogen) atoms. The molecule has 2 aromatic carbocycles. The van der Waals surface area contributed by atoms with E-state index >= 15 is 0 Å². The van der Waals surface area contributed by atoms with Crippen LogP contribution in [0.2, 0.25) is 0 Å². The topological polar surface area (TPSA) is 90.4 Å². The molecule has 8 heteroatoms. The first kappa shape index (κ1) is 29.0. The molecule has 2 bridgehead atoms. The summed E-state index contributed by atoms with van der Waals surface area (Å²) in [5.74, 6) is -2.16. The van der Waals surface area contributed by atoms with Gasteiger partial charge in [0.15, 0.2) is 0 Å². The van der Waals surface area contributed by atoms with Crippen molar-refractivity contribution in [3.8, 4) is 0 Å². The van der Waals surface area contributed by atoms with E-state index in [9.17, 15) is 19.5 Å². The van der Waals surface area contributed by atoms with Crippen LogP contribution in [0, 0.1) is 17.8 Å². The standard InChI is InChI=1S/C33H41N3O5/c1-6-16-34(5)29(38)26-27-30(39)36(18-10-11-19-37)28(33(27)21-22(3)32(26,4)41-33)31(40)35(17-7-2)25-15-14-23-12-8-9-13-24(23)20-25/h6-9,12-15,20,22,26-28,37H,1-2,10-11,16-19,21H2,3-5H3/t22?,26-,27+,28?,32+,33?/m1/s1. The van der Waals surface area contributed by atoms with Gasteiger partial charge in [0.05, 0.1) is 17.4 Å². The van der Waals surface area contributed by atoms with Gasteiger partial charge in [-0.1, -0.05) is 49.4 Å². The zero-order valence-electron chi connectivity index (χ0n) is 24.3. The van der Waals surface area contributed by atoms with Gasteiger partial charge >= 0.3 is 0 Å². The molecule has 3 aliphatic heterocycles. The summed E-state index contributed by atoms with van der Waals surface area (Å²) in [6.45, 7) is 12.5. The van der Waals surface area contributed by atoms with Gasteiger partial charge < -0.3 is 24.5 Å². The minimum Gasteiger partial charge on any atom is -0.396 e. The Morgan fingerprint density at radius 1 is 1.10 bits per heavy atom. The molecular weight excluding hydrogens is 518 g/mol. The average molecular weight is 560 g/mol. The van der Waals surface area contributed by atoms with Crippen LogP contribution in [0.4, 0.5) is 5.69 Å². The minimum atomic E-state index is -1.13.